The number of imide groups is 1. The fourth-order valence-electron chi connectivity index (χ4n) is 4.33. The van der Waals surface area contributed by atoms with Crippen LogP contribution in [0.2, 0.25) is 0 Å². The largest absolute Gasteiger partial charge is 0.465 e. The molecule has 1 aliphatic rings. The number of carbonyl (C=O) groups is 5. The van der Waals surface area contributed by atoms with E-state index in [1.54, 1.807) is 30.3 Å². The van der Waals surface area contributed by atoms with Crippen molar-refractivity contribution in [3.63, 3.8) is 0 Å². The summed E-state index contributed by atoms with van der Waals surface area (Å²) in [5.74, 6) is -2.75. The number of benzene rings is 3. The van der Waals surface area contributed by atoms with Crippen LogP contribution in [-0.4, -0.2) is 55.4 Å². The molecule has 3 aromatic rings. The molecule has 0 aromatic heterocycles. The molecule has 1 heterocycles. The van der Waals surface area contributed by atoms with Gasteiger partial charge in [-0.25, -0.2) is 14.4 Å². The Bertz CT molecular complexity index is 1360. The summed E-state index contributed by atoms with van der Waals surface area (Å²) in [5.41, 5.74) is 0.107. The van der Waals surface area contributed by atoms with Crippen molar-refractivity contribution in [2.75, 3.05) is 26.1 Å². The van der Waals surface area contributed by atoms with E-state index in [0.717, 1.165) is 10.5 Å². The topological polar surface area (TPSA) is 131 Å². The van der Waals surface area contributed by atoms with Gasteiger partial charge in [-0.2, -0.15) is 0 Å². The molecule has 1 fully saturated rings. The van der Waals surface area contributed by atoms with Crippen LogP contribution >= 0.6 is 0 Å². The maximum absolute atomic E-state index is 13.7. The lowest BCUT2D eigenvalue weighted by atomic mass is 9.83. The summed E-state index contributed by atoms with van der Waals surface area (Å²) in [6.45, 7) is -0.593. The molecular weight excluding hydrogens is 490 g/mol. The number of anilines is 1. The van der Waals surface area contributed by atoms with Gasteiger partial charge in [-0.05, 0) is 29.3 Å². The van der Waals surface area contributed by atoms with E-state index in [2.05, 4.69) is 10.6 Å². The van der Waals surface area contributed by atoms with E-state index in [0.29, 0.717) is 5.56 Å². The zero-order valence-corrected chi connectivity index (χ0v) is 20.7. The summed E-state index contributed by atoms with van der Waals surface area (Å²) in [7, 11) is 2.36. The predicted molar refractivity (Wildman–Crippen MR) is 136 cm³/mol. The molecule has 1 atom stereocenters. The monoisotopic (exact) mass is 515 g/mol. The highest BCUT2D eigenvalue weighted by molar-refractivity contribution is 6.11. The molecule has 194 valence electrons. The summed E-state index contributed by atoms with van der Waals surface area (Å²) in [4.78, 5) is 64.6. The fraction of sp³-hybridized carbons (Fsp3) is 0.179. The van der Waals surface area contributed by atoms with Crippen LogP contribution in [0, 0.1) is 0 Å². The van der Waals surface area contributed by atoms with Gasteiger partial charge in [0, 0.05) is 12.1 Å². The maximum Gasteiger partial charge on any atom is 0.337 e. The number of nitrogens with zero attached hydrogens (tertiary/aromatic N) is 1. The lowest BCUT2D eigenvalue weighted by molar-refractivity contribution is -0.134. The van der Waals surface area contributed by atoms with Crippen molar-refractivity contribution in [1.29, 1.82) is 0 Å². The average Bonchev–Trinajstić information content (AvgIpc) is 3.17. The zero-order valence-electron chi connectivity index (χ0n) is 20.7. The van der Waals surface area contributed by atoms with Crippen LogP contribution in [0.15, 0.2) is 78.9 Å². The van der Waals surface area contributed by atoms with Crippen molar-refractivity contribution in [3.05, 3.63) is 101 Å². The van der Waals surface area contributed by atoms with Crippen LogP contribution in [0.25, 0.3) is 0 Å². The first-order valence-electron chi connectivity index (χ1n) is 11.6. The molecule has 2 N–H and O–H groups in total. The second kappa shape index (κ2) is 11.0. The average molecular weight is 516 g/mol. The molecule has 0 spiro atoms. The van der Waals surface area contributed by atoms with E-state index in [1.807, 2.05) is 30.3 Å². The van der Waals surface area contributed by atoms with Crippen molar-refractivity contribution >= 4 is 35.5 Å². The number of ether oxygens (including phenoxy) is 2. The summed E-state index contributed by atoms with van der Waals surface area (Å²) in [6, 6.07) is 21.2. The van der Waals surface area contributed by atoms with E-state index in [9.17, 15) is 24.0 Å². The summed E-state index contributed by atoms with van der Waals surface area (Å²) < 4.78 is 9.41. The number of hydrogen-bond donors (Lipinski definition) is 2. The summed E-state index contributed by atoms with van der Waals surface area (Å²) in [5, 5.41) is 5.34. The first-order valence-corrected chi connectivity index (χ1v) is 11.6. The molecular formula is C28H25N3O7. The second-order valence-electron chi connectivity index (χ2n) is 8.59. The maximum atomic E-state index is 13.7. The summed E-state index contributed by atoms with van der Waals surface area (Å²) >= 11 is 0. The Morgan fingerprint density at radius 2 is 1.39 bits per heavy atom. The third-order valence-electron chi connectivity index (χ3n) is 6.12. The molecule has 1 saturated heterocycles. The highest BCUT2D eigenvalue weighted by Crippen LogP contribution is 2.33. The van der Waals surface area contributed by atoms with Gasteiger partial charge in [-0.3, -0.25) is 14.5 Å². The van der Waals surface area contributed by atoms with Crippen LogP contribution in [-0.2, 0) is 31.0 Å². The Balaban J connectivity index is 1.60. The number of amides is 4. The zero-order chi connectivity index (χ0) is 27.3. The highest BCUT2D eigenvalue weighted by Gasteiger charge is 2.52. The molecule has 0 saturated carbocycles. The number of rotatable bonds is 8. The minimum absolute atomic E-state index is 0.00616. The lowest BCUT2D eigenvalue weighted by Crippen LogP contribution is -2.46. The van der Waals surface area contributed by atoms with Gasteiger partial charge in [0.05, 0.1) is 25.3 Å². The van der Waals surface area contributed by atoms with Crippen LogP contribution < -0.4 is 10.6 Å². The van der Waals surface area contributed by atoms with E-state index in [1.165, 1.54) is 32.4 Å². The number of esters is 2. The number of methoxy groups -OCH3 is 2. The van der Waals surface area contributed by atoms with Crippen LogP contribution in [0.5, 0.6) is 0 Å². The minimum Gasteiger partial charge on any atom is -0.465 e. The lowest BCUT2D eigenvalue weighted by Gasteiger charge is -2.27. The van der Waals surface area contributed by atoms with Gasteiger partial charge in [0.25, 0.3) is 5.91 Å². The van der Waals surface area contributed by atoms with Gasteiger partial charge >= 0.3 is 18.0 Å². The number of carbonyl (C=O) groups excluding carboxylic acids is 5. The van der Waals surface area contributed by atoms with Gasteiger partial charge < -0.3 is 20.1 Å². The van der Waals surface area contributed by atoms with Gasteiger partial charge in [0.1, 0.15) is 6.54 Å². The Morgan fingerprint density at radius 1 is 0.842 bits per heavy atom. The van der Waals surface area contributed by atoms with Crippen molar-refractivity contribution in [2.24, 2.45) is 0 Å². The van der Waals surface area contributed by atoms with Crippen LogP contribution in [0.1, 0.15) is 31.8 Å². The molecule has 0 radical (unpaired) electrons. The molecule has 4 amide bonds. The van der Waals surface area contributed by atoms with Crippen LogP contribution in [0.3, 0.4) is 0 Å². The third kappa shape index (κ3) is 5.24. The fourth-order valence-corrected chi connectivity index (χ4v) is 4.33. The van der Waals surface area contributed by atoms with E-state index < -0.39 is 41.9 Å². The quantitative estimate of drug-likeness (QED) is 0.348. The van der Waals surface area contributed by atoms with Crippen LogP contribution in [0.4, 0.5) is 10.5 Å². The molecule has 0 bridgehead atoms. The normalized spacial score (nSPS) is 16.5. The second-order valence-corrected chi connectivity index (χ2v) is 8.59. The van der Waals surface area contributed by atoms with E-state index in [-0.39, 0.29) is 23.2 Å². The first kappa shape index (κ1) is 26.1. The molecule has 38 heavy (non-hydrogen) atoms. The molecule has 10 heteroatoms. The standard InChI is InChI=1S/C28H25N3O7/c1-37-24(33)19-13-20(25(34)38-2)15-22(14-19)29-23(32)17-31-26(35)28(30-27(31)36,21-11-7-4-8-12-21)16-18-9-5-3-6-10-18/h3-15H,16-17H2,1-2H3,(H,29,32)(H,30,36)/t28-/m0/s1. The number of urea groups is 1. The van der Waals surface area contributed by atoms with Crippen molar-refractivity contribution in [1.82, 2.24) is 10.2 Å². The molecule has 10 nitrogen and oxygen atoms in total. The smallest absolute Gasteiger partial charge is 0.337 e. The molecule has 1 aliphatic heterocycles. The Kier molecular flexibility index (Phi) is 7.52. The Labute approximate surface area is 218 Å². The first-order chi connectivity index (χ1) is 18.3. The highest BCUT2D eigenvalue weighted by atomic mass is 16.5. The number of nitrogens with one attached hydrogen (secondary N) is 2. The van der Waals surface area contributed by atoms with Gasteiger partial charge in [-0.1, -0.05) is 60.7 Å². The Morgan fingerprint density at radius 3 is 1.95 bits per heavy atom. The third-order valence-corrected chi connectivity index (χ3v) is 6.12. The number of hydrogen-bond acceptors (Lipinski definition) is 7. The molecule has 3 aromatic carbocycles. The van der Waals surface area contributed by atoms with Crippen molar-refractivity contribution in [3.8, 4) is 0 Å². The van der Waals surface area contributed by atoms with Gasteiger partial charge in [0.15, 0.2) is 5.54 Å². The van der Waals surface area contributed by atoms with Gasteiger partial charge in [-0.15, -0.1) is 0 Å². The minimum atomic E-state index is -1.40. The molecule has 0 aliphatic carbocycles. The van der Waals surface area contributed by atoms with E-state index >= 15 is 0 Å². The SMILES string of the molecule is COC(=O)c1cc(NC(=O)CN2C(=O)N[C@@](Cc3ccccc3)(c3ccccc3)C2=O)cc(C(=O)OC)c1. The van der Waals surface area contributed by atoms with Crippen molar-refractivity contribution < 1.29 is 33.4 Å². The van der Waals surface area contributed by atoms with Gasteiger partial charge in [0.2, 0.25) is 5.91 Å². The summed E-state index contributed by atoms with van der Waals surface area (Å²) in [6.07, 6.45) is 0.185. The Hall–Kier alpha value is -4.99. The molecule has 0 unspecified atom stereocenters. The van der Waals surface area contributed by atoms with Crippen molar-refractivity contribution in [2.45, 2.75) is 12.0 Å². The predicted octanol–water partition coefficient (Wildman–Crippen LogP) is 2.89. The van der Waals surface area contributed by atoms with E-state index in [4.69, 9.17) is 9.47 Å². The molecule has 4 rings (SSSR count).